The second-order valence-electron chi connectivity index (χ2n) is 4.84. The van der Waals surface area contributed by atoms with Crippen molar-refractivity contribution in [2.45, 2.75) is 13.8 Å². The van der Waals surface area contributed by atoms with Crippen molar-refractivity contribution in [1.82, 2.24) is 19.9 Å². The summed E-state index contributed by atoms with van der Waals surface area (Å²) in [6.07, 6.45) is 3.17. The van der Waals surface area contributed by atoms with E-state index in [0.717, 1.165) is 5.01 Å². The molecule has 0 aliphatic rings. The quantitative estimate of drug-likeness (QED) is 0.738. The van der Waals surface area contributed by atoms with Gasteiger partial charge in [0.1, 0.15) is 22.5 Å². The van der Waals surface area contributed by atoms with E-state index < -0.39 is 0 Å². The number of aryl methyl sites for hydroxylation is 2. The maximum atomic E-state index is 12.5. The standard InChI is InChI=1S/C15H13ClN6OS/c1-8-17-6-4-11(19-8)21-14(23)13-15(24-9(2)20-13)22-12-7-10(16)3-5-18-12/h3-7H,1-2H3,(H,18,22)(H,17,19,21,23). The van der Waals surface area contributed by atoms with Crippen molar-refractivity contribution in [3.05, 3.63) is 52.1 Å². The molecule has 0 radical (unpaired) electrons. The van der Waals surface area contributed by atoms with Gasteiger partial charge in [-0.3, -0.25) is 4.79 Å². The second-order valence-corrected chi connectivity index (χ2v) is 6.48. The molecule has 0 aromatic carbocycles. The van der Waals surface area contributed by atoms with Crippen LogP contribution < -0.4 is 10.6 Å². The van der Waals surface area contributed by atoms with Gasteiger partial charge < -0.3 is 10.6 Å². The summed E-state index contributed by atoms with van der Waals surface area (Å²) in [6, 6.07) is 4.97. The first-order valence-corrected chi connectivity index (χ1v) is 8.18. The lowest BCUT2D eigenvalue weighted by Gasteiger charge is -2.06. The molecule has 0 saturated carbocycles. The van der Waals surface area contributed by atoms with Crippen LogP contribution in [-0.4, -0.2) is 25.8 Å². The number of amides is 1. The highest BCUT2D eigenvalue weighted by Crippen LogP contribution is 2.28. The zero-order valence-corrected chi connectivity index (χ0v) is 14.4. The highest BCUT2D eigenvalue weighted by Gasteiger charge is 2.18. The monoisotopic (exact) mass is 360 g/mol. The van der Waals surface area contributed by atoms with Crippen LogP contribution in [0.4, 0.5) is 16.6 Å². The molecule has 1 amide bonds. The lowest BCUT2D eigenvalue weighted by molar-refractivity contribution is 0.102. The first-order chi connectivity index (χ1) is 11.5. The highest BCUT2D eigenvalue weighted by atomic mass is 35.5. The molecule has 0 fully saturated rings. The van der Waals surface area contributed by atoms with Crippen molar-refractivity contribution < 1.29 is 4.79 Å². The van der Waals surface area contributed by atoms with Gasteiger partial charge in [-0.05, 0) is 32.0 Å². The fourth-order valence-corrected chi connectivity index (χ4v) is 2.94. The van der Waals surface area contributed by atoms with Gasteiger partial charge in [0.15, 0.2) is 5.69 Å². The van der Waals surface area contributed by atoms with Crippen LogP contribution in [0.25, 0.3) is 0 Å². The molecule has 3 aromatic heterocycles. The Hall–Kier alpha value is -2.58. The van der Waals surface area contributed by atoms with Gasteiger partial charge in [0, 0.05) is 17.4 Å². The van der Waals surface area contributed by atoms with Gasteiger partial charge in [-0.25, -0.2) is 19.9 Å². The minimum absolute atomic E-state index is 0.274. The number of hydrogen-bond donors (Lipinski definition) is 2. The number of aromatic nitrogens is 4. The van der Waals surface area contributed by atoms with E-state index >= 15 is 0 Å². The van der Waals surface area contributed by atoms with Crippen LogP contribution in [0.2, 0.25) is 5.02 Å². The molecule has 3 rings (SSSR count). The zero-order valence-electron chi connectivity index (χ0n) is 12.9. The van der Waals surface area contributed by atoms with Crippen LogP contribution in [0.15, 0.2) is 30.6 Å². The van der Waals surface area contributed by atoms with Crippen LogP contribution in [0, 0.1) is 13.8 Å². The Morgan fingerprint density at radius 1 is 1.12 bits per heavy atom. The molecule has 0 atom stereocenters. The maximum Gasteiger partial charge on any atom is 0.278 e. The lowest BCUT2D eigenvalue weighted by atomic mass is 10.4. The molecule has 3 aromatic rings. The number of nitrogens with zero attached hydrogens (tertiary/aromatic N) is 4. The Balaban J connectivity index is 1.84. The third-order valence-electron chi connectivity index (χ3n) is 2.93. The molecule has 0 spiro atoms. The predicted octanol–water partition coefficient (Wildman–Crippen LogP) is 3.59. The van der Waals surface area contributed by atoms with E-state index in [2.05, 4.69) is 30.6 Å². The van der Waals surface area contributed by atoms with Gasteiger partial charge in [-0.1, -0.05) is 11.6 Å². The van der Waals surface area contributed by atoms with E-state index in [1.807, 2.05) is 6.92 Å². The number of pyridine rings is 1. The fraction of sp³-hybridized carbons (Fsp3) is 0.133. The first kappa shape index (κ1) is 16.3. The summed E-state index contributed by atoms with van der Waals surface area (Å²) in [7, 11) is 0. The Bertz CT molecular complexity index is 897. The van der Waals surface area contributed by atoms with Gasteiger partial charge >= 0.3 is 0 Å². The van der Waals surface area contributed by atoms with Crippen molar-refractivity contribution in [3.8, 4) is 0 Å². The Morgan fingerprint density at radius 2 is 1.92 bits per heavy atom. The van der Waals surface area contributed by atoms with E-state index in [9.17, 15) is 4.79 Å². The third-order valence-corrected chi connectivity index (χ3v) is 4.05. The van der Waals surface area contributed by atoms with Gasteiger partial charge in [-0.2, -0.15) is 0 Å². The summed E-state index contributed by atoms with van der Waals surface area (Å²) in [5, 5.41) is 7.69. The molecule has 9 heteroatoms. The van der Waals surface area contributed by atoms with Gasteiger partial charge in [-0.15, -0.1) is 11.3 Å². The Kier molecular flexibility index (Phi) is 4.68. The number of thiazole rings is 1. The number of rotatable bonds is 4. The average molecular weight is 361 g/mol. The number of carbonyl (C=O) groups excluding carboxylic acids is 1. The molecule has 0 saturated heterocycles. The van der Waals surface area contributed by atoms with Crippen LogP contribution >= 0.6 is 22.9 Å². The first-order valence-electron chi connectivity index (χ1n) is 6.98. The molecule has 2 N–H and O–H groups in total. The summed E-state index contributed by atoms with van der Waals surface area (Å²) in [5.41, 5.74) is 0.274. The van der Waals surface area contributed by atoms with Gasteiger partial charge in [0.05, 0.1) is 5.01 Å². The number of halogens is 1. The van der Waals surface area contributed by atoms with Crippen LogP contribution in [0.3, 0.4) is 0 Å². The van der Waals surface area contributed by atoms with Gasteiger partial charge in [0.25, 0.3) is 5.91 Å². The van der Waals surface area contributed by atoms with Gasteiger partial charge in [0.2, 0.25) is 0 Å². The Morgan fingerprint density at radius 3 is 2.67 bits per heavy atom. The molecule has 24 heavy (non-hydrogen) atoms. The minimum atomic E-state index is -0.359. The summed E-state index contributed by atoms with van der Waals surface area (Å²) < 4.78 is 0. The average Bonchev–Trinajstić information content (AvgIpc) is 2.88. The molecule has 7 nitrogen and oxygen atoms in total. The van der Waals surface area contributed by atoms with Crippen molar-refractivity contribution in [2.75, 3.05) is 10.6 Å². The summed E-state index contributed by atoms with van der Waals surface area (Å²) in [6.45, 7) is 3.58. The molecular formula is C15H13ClN6OS. The SMILES string of the molecule is Cc1nccc(NC(=O)c2nc(C)sc2Nc2cc(Cl)ccn2)n1. The summed E-state index contributed by atoms with van der Waals surface area (Å²) >= 11 is 7.31. The highest BCUT2D eigenvalue weighted by molar-refractivity contribution is 7.16. The molecular weight excluding hydrogens is 348 g/mol. The van der Waals surface area contributed by atoms with Crippen LogP contribution in [0.1, 0.15) is 21.3 Å². The number of nitrogens with one attached hydrogen (secondary N) is 2. The molecule has 0 bridgehead atoms. The predicted molar refractivity (Wildman–Crippen MR) is 94.1 cm³/mol. The molecule has 0 unspecified atom stereocenters. The smallest absolute Gasteiger partial charge is 0.278 e. The zero-order chi connectivity index (χ0) is 17.1. The second kappa shape index (κ2) is 6.90. The topological polar surface area (TPSA) is 92.7 Å². The summed E-state index contributed by atoms with van der Waals surface area (Å²) in [4.78, 5) is 29.1. The summed E-state index contributed by atoms with van der Waals surface area (Å²) in [5.74, 6) is 1.17. The molecule has 122 valence electrons. The van der Waals surface area contributed by atoms with Crippen molar-refractivity contribution in [1.29, 1.82) is 0 Å². The normalized spacial score (nSPS) is 10.5. The van der Waals surface area contributed by atoms with Crippen molar-refractivity contribution >= 4 is 45.5 Å². The maximum absolute atomic E-state index is 12.5. The molecule has 0 aliphatic carbocycles. The van der Waals surface area contributed by atoms with Crippen molar-refractivity contribution in [2.24, 2.45) is 0 Å². The van der Waals surface area contributed by atoms with Crippen LogP contribution in [0.5, 0.6) is 0 Å². The lowest BCUT2D eigenvalue weighted by Crippen LogP contribution is -2.15. The van der Waals surface area contributed by atoms with Crippen molar-refractivity contribution in [3.63, 3.8) is 0 Å². The number of anilines is 3. The fourth-order valence-electron chi connectivity index (χ4n) is 1.96. The minimum Gasteiger partial charge on any atom is -0.330 e. The number of hydrogen-bond acceptors (Lipinski definition) is 7. The molecule has 0 aliphatic heterocycles. The number of carbonyl (C=O) groups is 1. The largest absolute Gasteiger partial charge is 0.330 e. The Labute approximate surface area is 147 Å². The van der Waals surface area contributed by atoms with E-state index in [-0.39, 0.29) is 11.6 Å². The van der Waals surface area contributed by atoms with Crippen LogP contribution in [-0.2, 0) is 0 Å². The molecule has 3 heterocycles. The van der Waals surface area contributed by atoms with E-state index in [1.54, 1.807) is 37.5 Å². The third kappa shape index (κ3) is 3.84. The van der Waals surface area contributed by atoms with E-state index in [0.29, 0.717) is 27.5 Å². The van der Waals surface area contributed by atoms with E-state index in [4.69, 9.17) is 11.6 Å². The van der Waals surface area contributed by atoms with E-state index in [1.165, 1.54) is 11.3 Å².